The Labute approximate surface area is 254 Å². The minimum atomic E-state index is -3.94. The van der Waals surface area contributed by atoms with Crippen molar-refractivity contribution in [3.8, 4) is 0 Å². The fourth-order valence-corrected chi connectivity index (χ4v) is 5.75. The summed E-state index contributed by atoms with van der Waals surface area (Å²) in [5.41, 5.74) is 1.76. The van der Waals surface area contributed by atoms with E-state index in [-0.39, 0.29) is 35.6 Å². The van der Waals surface area contributed by atoms with Crippen molar-refractivity contribution in [2.45, 2.75) is 45.3 Å². The van der Waals surface area contributed by atoms with Crippen LogP contribution in [0.5, 0.6) is 0 Å². The maximum atomic E-state index is 14.1. The smallest absolute Gasteiger partial charge is 0.244 e. The number of amides is 2. The van der Waals surface area contributed by atoms with Crippen LogP contribution < -0.4 is 9.62 Å². The normalized spacial score (nSPS) is 12.8. The van der Waals surface area contributed by atoms with Crippen LogP contribution in [0.2, 0.25) is 10.0 Å². The minimum Gasteiger partial charge on any atom is -0.352 e. The van der Waals surface area contributed by atoms with Crippen molar-refractivity contribution in [1.82, 2.24) is 10.2 Å². The molecule has 0 bridgehead atoms. The molecule has 11 heteroatoms. The zero-order chi connectivity index (χ0) is 29.4. The first-order valence-corrected chi connectivity index (χ1v) is 16.1. The van der Waals surface area contributed by atoms with Crippen LogP contribution in [-0.2, 0) is 32.6 Å². The first-order valence-electron chi connectivity index (χ1n) is 12.7. The van der Waals surface area contributed by atoms with Gasteiger partial charge in [0.2, 0.25) is 21.8 Å². The molecule has 7 nitrogen and oxygen atoms in total. The number of nitrogens with one attached hydrogen (secondary N) is 1. The summed E-state index contributed by atoms with van der Waals surface area (Å²) < 4.78 is 27.6. The van der Waals surface area contributed by atoms with Gasteiger partial charge in [-0.3, -0.25) is 13.9 Å². The van der Waals surface area contributed by atoms with Crippen LogP contribution in [0.1, 0.15) is 31.4 Å². The lowest BCUT2D eigenvalue weighted by atomic mass is 10.0. The Morgan fingerprint density at radius 2 is 1.62 bits per heavy atom. The summed E-state index contributed by atoms with van der Waals surface area (Å²) in [7, 11) is -3.94. The molecule has 0 spiro atoms. The highest BCUT2D eigenvalue weighted by Crippen LogP contribution is 2.30. The van der Waals surface area contributed by atoms with Crippen LogP contribution in [0.15, 0.2) is 77.3 Å². The lowest BCUT2D eigenvalue weighted by Crippen LogP contribution is -2.54. The first-order chi connectivity index (χ1) is 18.9. The van der Waals surface area contributed by atoms with E-state index in [0.717, 1.165) is 26.2 Å². The number of hydrogen-bond donors (Lipinski definition) is 1. The fourth-order valence-electron chi connectivity index (χ4n) is 4.06. The van der Waals surface area contributed by atoms with Gasteiger partial charge in [0.15, 0.2) is 0 Å². The van der Waals surface area contributed by atoms with Gasteiger partial charge in [-0.25, -0.2) is 8.42 Å². The summed E-state index contributed by atoms with van der Waals surface area (Å²) in [6, 6.07) is 20.1. The van der Waals surface area contributed by atoms with Crippen LogP contribution in [0.4, 0.5) is 5.69 Å². The first kappa shape index (κ1) is 31.9. The SMILES string of the molecule is CC[C@H](C)NC(=O)[C@@H](Cc1ccccc1)N(Cc1ccc(Br)cc1)C(=O)CN(c1ccc(Cl)cc1Cl)S(C)(=O)=O. The monoisotopic (exact) mass is 667 g/mol. The molecule has 0 aromatic heterocycles. The summed E-state index contributed by atoms with van der Waals surface area (Å²) in [4.78, 5) is 29.2. The van der Waals surface area contributed by atoms with Crippen LogP contribution in [0, 0.1) is 0 Å². The zero-order valence-corrected chi connectivity index (χ0v) is 26.4. The van der Waals surface area contributed by atoms with Gasteiger partial charge < -0.3 is 10.2 Å². The molecular weight excluding hydrogens is 637 g/mol. The van der Waals surface area contributed by atoms with Crippen LogP contribution in [0.3, 0.4) is 0 Å². The van der Waals surface area contributed by atoms with Gasteiger partial charge in [0.25, 0.3) is 0 Å². The number of halogens is 3. The second-order valence-electron chi connectivity index (χ2n) is 9.54. The van der Waals surface area contributed by atoms with E-state index < -0.39 is 28.5 Å². The Bertz CT molecular complexity index is 1420. The molecule has 0 fully saturated rings. The number of anilines is 1. The van der Waals surface area contributed by atoms with Crippen LogP contribution in [-0.4, -0.2) is 50.0 Å². The zero-order valence-electron chi connectivity index (χ0n) is 22.5. The molecule has 0 aliphatic heterocycles. The lowest BCUT2D eigenvalue weighted by Gasteiger charge is -2.34. The van der Waals surface area contributed by atoms with Crippen molar-refractivity contribution in [3.63, 3.8) is 0 Å². The molecule has 2 amide bonds. The van der Waals surface area contributed by atoms with E-state index in [1.165, 1.54) is 23.1 Å². The van der Waals surface area contributed by atoms with Crippen molar-refractivity contribution < 1.29 is 18.0 Å². The van der Waals surface area contributed by atoms with Gasteiger partial charge in [-0.15, -0.1) is 0 Å². The molecule has 0 unspecified atom stereocenters. The number of carbonyl (C=O) groups excluding carboxylic acids is 2. The summed E-state index contributed by atoms with van der Waals surface area (Å²) in [5.74, 6) is -0.876. The predicted octanol–water partition coefficient (Wildman–Crippen LogP) is 6.08. The highest BCUT2D eigenvalue weighted by atomic mass is 79.9. The summed E-state index contributed by atoms with van der Waals surface area (Å²) >= 11 is 15.8. The molecule has 1 N–H and O–H groups in total. The third-order valence-corrected chi connectivity index (χ3v) is 8.59. The average molecular weight is 669 g/mol. The van der Waals surface area contributed by atoms with Crippen LogP contribution in [0.25, 0.3) is 0 Å². The molecular formula is C29H32BrCl2N3O4S. The van der Waals surface area contributed by atoms with E-state index in [2.05, 4.69) is 21.2 Å². The number of carbonyl (C=O) groups is 2. The van der Waals surface area contributed by atoms with Gasteiger partial charge in [-0.1, -0.05) is 88.5 Å². The molecule has 0 aliphatic carbocycles. The van der Waals surface area contributed by atoms with E-state index in [4.69, 9.17) is 23.2 Å². The summed E-state index contributed by atoms with van der Waals surface area (Å²) in [5, 5.41) is 3.42. The Morgan fingerprint density at radius 3 is 2.20 bits per heavy atom. The van der Waals surface area contributed by atoms with Gasteiger partial charge in [-0.2, -0.15) is 0 Å². The predicted molar refractivity (Wildman–Crippen MR) is 165 cm³/mol. The highest BCUT2D eigenvalue weighted by Gasteiger charge is 2.33. The topological polar surface area (TPSA) is 86.8 Å². The molecule has 2 atom stereocenters. The fraction of sp³-hybridized carbons (Fsp3) is 0.310. The largest absolute Gasteiger partial charge is 0.352 e. The molecule has 0 saturated heterocycles. The van der Waals surface area contributed by atoms with E-state index in [0.29, 0.717) is 11.4 Å². The van der Waals surface area contributed by atoms with E-state index in [1.54, 1.807) is 0 Å². The number of rotatable bonds is 12. The van der Waals surface area contributed by atoms with Gasteiger partial charge in [0, 0.05) is 28.5 Å². The molecule has 0 aliphatic rings. The minimum absolute atomic E-state index is 0.0838. The quantitative estimate of drug-likeness (QED) is 0.254. The second kappa shape index (κ2) is 14.3. The van der Waals surface area contributed by atoms with Crippen LogP contribution >= 0.6 is 39.1 Å². The van der Waals surface area contributed by atoms with Crippen molar-refractivity contribution in [2.75, 3.05) is 17.1 Å². The second-order valence-corrected chi connectivity index (χ2v) is 13.2. The van der Waals surface area contributed by atoms with Gasteiger partial charge in [0.1, 0.15) is 12.6 Å². The van der Waals surface area contributed by atoms with Crippen molar-refractivity contribution in [3.05, 3.63) is 98.4 Å². The van der Waals surface area contributed by atoms with E-state index in [9.17, 15) is 18.0 Å². The molecule has 3 aromatic carbocycles. The molecule has 40 heavy (non-hydrogen) atoms. The third kappa shape index (κ3) is 8.96. The molecule has 3 aromatic rings. The van der Waals surface area contributed by atoms with Crippen molar-refractivity contribution >= 4 is 66.7 Å². The Kier molecular flexibility index (Phi) is 11.5. The Balaban J connectivity index is 2.07. The molecule has 3 rings (SSSR count). The van der Waals surface area contributed by atoms with Crippen molar-refractivity contribution in [1.29, 1.82) is 0 Å². The standard InChI is InChI=1S/C29H32BrCl2N3O4S/c1-4-20(2)33-29(37)27(16-21-8-6-5-7-9-21)34(18-22-10-12-23(30)13-11-22)28(36)19-35(40(3,38)39)26-15-14-24(31)17-25(26)32/h5-15,17,20,27H,4,16,18-19H2,1-3H3,(H,33,37)/t20-,27+/m0/s1. The number of nitrogens with zero attached hydrogens (tertiary/aromatic N) is 2. The van der Waals surface area contributed by atoms with Gasteiger partial charge in [0.05, 0.1) is 17.0 Å². The summed E-state index contributed by atoms with van der Waals surface area (Å²) in [6.45, 7) is 3.39. The Hall–Kier alpha value is -2.59. The Morgan fingerprint density at radius 1 is 0.975 bits per heavy atom. The molecule has 0 heterocycles. The maximum absolute atomic E-state index is 14.1. The summed E-state index contributed by atoms with van der Waals surface area (Å²) in [6.07, 6.45) is 1.95. The van der Waals surface area contributed by atoms with Gasteiger partial charge >= 0.3 is 0 Å². The molecule has 0 radical (unpaired) electrons. The van der Waals surface area contributed by atoms with E-state index >= 15 is 0 Å². The number of benzene rings is 3. The maximum Gasteiger partial charge on any atom is 0.244 e. The van der Waals surface area contributed by atoms with E-state index in [1.807, 2.05) is 68.4 Å². The lowest BCUT2D eigenvalue weighted by molar-refractivity contribution is -0.140. The highest BCUT2D eigenvalue weighted by molar-refractivity contribution is 9.10. The average Bonchev–Trinajstić information content (AvgIpc) is 2.90. The van der Waals surface area contributed by atoms with Crippen molar-refractivity contribution in [2.24, 2.45) is 0 Å². The van der Waals surface area contributed by atoms with Gasteiger partial charge in [-0.05, 0) is 54.8 Å². The number of sulfonamides is 1. The third-order valence-electron chi connectivity index (χ3n) is 6.40. The number of hydrogen-bond acceptors (Lipinski definition) is 4. The molecule has 0 saturated carbocycles. The molecule has 214 valence electrons.